The van der Waals surface area contributed by atoms with Crippen molar-refractivity contribution >= 4 is 0 Å². The van der Waals surface area contributed by atoms with Crippen LogP contribution in [0.1, 0.15) is 44.1 Å². The van der Waals surface area contributed by atoms with Gasteiger partial charge in [-0.1, -0.05) is 18.2 Å². The third kappa shape index (κ3) is 4.96. The summed E-state index contributed by atoms with van der Waals surface area (Å²) in [5.74, 6) is -1.71. The topological polar surface area (TPSA) is 160 Å². The Balaban J connectivity index is 1.76. The highest BCUT2D eigenvalue weighted by atomic mass is 16.7. The third-order valence-electron chi connectivity index (χ3n) is 9.03. The molecule has 3 aliphatic rings. The molecular formula is C28H42O9. The molecule has 2 saturated carbocycles. The molecule has 208 valence electrons. The molecule has 37 heavy (non-hydrogen) atoms. The molecule has 0 aromatic heterocycles. The van der Waals surface area contributed by atoms with Crippen molar-refractivity contribution in [2.75, 3.05) is 19.8 Å². The van der Waals surface area contributed by atoms with E-state index in [4.69, 9.17) is 9.47 Å². The Labute approximate surface area is 218 Å². The van der Waals surface area contributed by atoms with Crippen molar-refractivity contribution in [3.63, 3.8) is 0 Å². The maximum Gasteiger partial charge on any atom is 0.232 e. The fraction of sp³-hybridized carbons (Fsp3) is 0.714. The van der Waals surface area contributed by atoms with Gasteiger partial charge in [0.25, 0.3) is 0 Å². The van der Waals surface area contributed by atoms with E-state index in [1.54, 1.807) is 18.2 Å². The Morgan fingerprint density at radius 1 is 1.05 bits per heavy atom. The first-order chi connectivity index (χ1) is 17.7. The fourth-order valence-electron chi connectivity index (χ4n) is 7.00. The lowest BCUT2D eigenvalue weighted by atomic mass is 9.54. The summed E-state index contributed by atoms with van der Waals surface area (Å²) in [5.41, 5.74) is -3.03. The number of fused-ring (bicyclic) bond motifs is 1. The summed E-state index contributed by atoms with van der Waals surface area (Å²) in [4.78, 5) is 0. The van der Waals surface area contributed by atoms with Crippen LogP contribution in [0.2, 0.25) is 0 Å². The highest BCUT2D eigenvalue weighted by molar-refractivity contribution is 5.29. The van der Waals surface area contributed by atoms with Gasteiger partial charge in [-0.15, -0.1) is 6.58 Å². The average Bonchev–Trinajstić information content (AvgIpc) is 2.99. The van der Waals surface area contributed by atoms with E-state index in [0.29, 0.717) is 44.3 Å². The van der Waals surface area contributed by atoms with Crippen molar-refractivity contribution in [1.29, 1.82) is 0 Å². The Kier molecular flexibility index (Phi) is 8.97. The second-order valence-electron chi connectivity index (χ2n) is 11.0. The van der Waals surface area contributed by atoms with E-state index in [1.807, 2.05) is 12.1 Å². The molecule has 1 aromatic rings. The average molecular weight is 523 g/mol. The van der Waals surface area contributed by atoms with Gasteiger partial charge in [0.15, 0.2) is 5.60 Å². The van der Waals surface area contributed by atoms with Crippen molar-refractivity contribution in [1.82, 2.24) is 0 Å². The van der Waals surface area contributed by atoms with Gasteiger partial charge < -0.3 is 45.2 Å². The highest BCUT2D eigenvalue weighted by Gasteiger charge is 2.74. The number of ether oxygens (including phenoxy) is 2. The summed E-state index contributed by atoms with van der Waals surface area (Å²) < 4.78 is 12.4. The van der Waals surface area contributed by atoms with E-state index in [2.05, 4.69) is 6.58 Å². The predicted octanol–water partition coefficient (Wildman–Crippen LogP) is 0.512. The van der Waals surface area contributed by atoms with Gasteiger partial charge in [0.2, 0.25) is 6.29 Å². The predicted molar refractivity (Wildman–Crippen MR) is 134 cm³/mol. The number of allylic oxidation sites excluding steroid dienone is 1. The van der Waals surface area contributed by atoms with Gasteiger partial charge in [-0.3, -0.25) is 0 Å². The minimum Gasteiger partial charge on any atom is -0.462 e. The summed E-state index contributed by atoms with van der Waals surface area (Å²) in [5, 5.41) is 76.4. The second-order valence-corrected chi connectivity index (χ2v) is 11.0. The van der Waals surface area contributed by atoms with Crippen LogP contribution in [0, 0.1) is 23.7 Å². The molecule has 10 atom stereocenters. The number of benzene rings is 1. The van der Waals surface area contributed by atoms with Gasteiger partial charge in [-0.25, -0.2) is 0 Å². The van der Waals surface area contributed by atoms with Crippen LogP contribution in [0.5, 0.6) is 5.75 Å². The zero-order valence-electron chi connectivity index (χ0n) is 21.2. The number of aliphatic hydroxyl groups excluding tert-OH is 5. The molecular weight excluding hydrogens is 480 g/mol. The van der Waals surface area contributed by atoms with Crippen molar-refractivity contribution in [3.05, 3.63) is 42.5 Å². The molecule has 0 amide bonds. The van der Waals surface area contributed by atoms with Crippen LogP contribution in [0.25, 0.3) is 0 Å². The minimum absolute atomic E-state index is 0.0812. The number of hydrogen-bond acceptors (Lipinski definition) is 9. The number of rotatable bonds is 11. The first-order valence-corrected chi connectivity index (χ1v) is 13.4. The van der Waals surface area contributed by atoms with E-state index in [9.17, 15) is 35.7 Å². The largest absolute Gasteiger partial charge is 0.462 e. The lowest BCUT2D eigenvalue weighted by Crippen LogP contribution is -2.82. The highest BCUT2D eigenvalue weighted by Crippen LogP contribution is 2.58. The van der Waals surface area contributed by atoms with Gasteiger partial charge in [0, 0.05) is 25.7 Å². The second kappa shape index (κ2) is 11.7. The summed E-state index contributed by atoms with van der Waals surface area (Å²) in [6.07, 6.45) is -0.822. The Bertz CT molecular complexity index is 894. The van der Waals surface area contributed by atoms with Gasteiger partial charge in [-0.2, -0.15) is 0 Å². The third-order valence-corrected chi connectivity index (χ3v) is 9.03. The molecule has 7 N–H and O–H groups in total. The van der Waals surface area contributed by atoms with Crippen LogP contribution in [0.4, 0.5) is 0 Å². The number of hydrogen-bond donors (Lipinski definition) is 7. The van der Waals surface area contributed by atoms with E-state index in [1.165, 1.54) is 0 Å². The summed E-state index contributed by atoms with van der Waals surface area (Å²) in [6.45, 7) is 3.23. The van der Waals surface area contributed by atoms with Crippen LogP contribution < -0.4 is 4.74 Å². The zero-order valence-corrected chi connectivity index (χ0v) is 21.2. The molecule has 1 aliphatic heterocycles. The molecule has 0 spiro atoms. The van der Waals surface area contributed by atoms with Crippen molar-refractivity contribution in [3.8, 4) is 5.75 Å². The van der Waals surface area contributed by atoms with Gasteiger partial charge in [0.05, 0.1) is 6.10 Å². The van der Waals surface area contributed by atoms with Crippen molar-refractivity contribution < 1.29 is 45.2 Å². The molecule has 1 aromatic carbocycles. The van der Waals surface area contributed by atoms with E-state index in [0.717, 1.165) is 5.56 Å². The van der Waals surface area contributed by atoms with Gasteiger partial charge in [-0.05, 0) is 80.4 Å². The van der Waals surface area contributed by atoms with Crippen LogP contribution in [0.15, 0.2) is 36.9 Å². The maximum atomic E-state index is 12.2. The minimum atomic E-state index is -2.10. The molecule has 1 heterocycles. The molecule has 2 aliphatic carbocycles. The van der Waals surface area contributed by atoms with E-state index < -0.39 is 53.6 Å². The molecule has 4 rings (SSSR count). The Hall–Kier alpha value is -1.56. The molecule has 2 bridgehead atoms. The molecule has 9 heteroatoms. The number of aliphatic hydroxyl groups is 7. The molecule has 9 nitrogen and oxygen atoms in total. The van der Waals surface area contributed by atoms with E-state index in [-0.39, 0.29) is 32.2 Å². The Morgan fingerprint density at radius 3 is 2.41 bits per heavy atom. The van der Waals surface area contributed by atoms with Crippen LogP contribution in [-0.4, -0.2) is 91.4 Å². The first-order valence-electron chi connectivity index (χ1n) is 13.4. The smallest absolute Gasteiger partial charge is 0.232 e. The molecule has 3 fully saturated rings. The lowest BCUT2D eigenvalue weighted by Gasteiger charge is -2.63. The van der Waals surface area contributed by atoms with Gasteiger partial charge >= 0.3 is 0 Å². The summed E-state index contributed by atoms with van der Waals surface area (Å²) in [7, 11) is 0. The zero-order chi connectivity index (χ0) is 26.8. The molecule has 1 saturated heterocycles. The standard InChI is InChI=1S/C28H42O9/c1-2-4-17-6-10-21(11-7-17)36-26-28(35)22(19(16-31)5-3-13-29)15-20-9-8-18(12-14-30)23(32)24(37-26)27(20,34)25(28)33/h2,6-7,10-11,18-20,22-26,29-35H,1,3-5,8-9,12-16H2/t18-,19-,20+,22-,23-,24-,25+,26-,27-,28+/m1/s1. The van der Waals surface area contributed by atoms with Crippen LogP contribution in [0.3, 0.4) is 0 Å². The monoisotopic (exact) mass is 522 g/mol. The Morgan fingerprint density at radius 2 is 1.78 bits per heavy atom. The van der Waals surface area contributed by atoms with Crippen LogP contribution >= 0.6 is 0 Å². The fourth-order valence-corrected chi connectivity index (χ4v) is 7.00. The van der Waals surface area contributed by atoms with Gasteiger partial charge in [0.1, 0.15) is 23.6 Å². The van der Waals surface area contributed by atoms with Crippen molar-refractivity contribution in [2.45, 2.75) is 80.7 Å². The maximum absolute atomic E-state index is 12.2. The normalized spacial score (nSPS) is 40.0. The summed E-state index contributed by atoms with van der Waals surface area (Å²) in [6, 6.07) is 7.13. The quantitative estimate of drug-likeness (QED) is 0.206. The van der Waals surface area contributed by atoms with E-state index >= 15 is 0 Å². The molecule has 0 radical (unpaired) electrons. The van der Waals surface area contributed by atoms with Crippen molar-refractivity contribution in [2.24, 2.45) is 23.7 Å². The molecule has 0 unspecified atom stereocenters. The first kappa shape index (κ1) is 28.4. The SMILES string of the molecule is C=CCc1ccc(O[C@@H]2O[C@@H]3[C@H](O)[C@@H](CCO)CC[C@H]4C[C@H]([C@@H](CO)CCCO)[C@]2(O)[C@@H](O)[C@@]43O)cc1. The van der Waals surface area contributed by atoms with Crippen LogP contribution in [-0.2, 0) is 11.2 Å². The lowest BCUT2D eigenvalue weighted by molar-refractivity contribution is -0.401. The summed E-state index contributed by atoms with van der Waals surface area (Å²) >= 11 is 0.